The molecule has 2 N–H and O–H groups in total. The van der Waals surface area contributed by atoms with Gasteiger partial charge in [-0.3, -0.25) is 4.68 Å². The minimum atomic E-state index is 0.701. The quantitative estimate of drug-likeness (QED) is 0.765. The third kappa shape index (κ3) is 1.80. The van der Waals surface area contributed by atoms with Crippen molar-refractivity contribution >= 4 is 17.3 Å². The van der Waals surface area contributed by atoms with Gasteiger partial charge in [-0.1, -0.05) is 11.6 Å². The number of hydrogen-bond acceptors (Lipinski definition) is 2. The molecule has 0 bridgehead atoms. The fraction of sp³-hybridized carbons (Fsp3) is 0.375. The van der Waals surface area contributed by atoms with Gasteiger partial charge in [0.05, 0.1) is 24.1 Å². The average molecular weight is 186 g/mol. The molecular formula is C8H12ClN3. The minimum Gasteiger partial charge on any atom is -0.396 e. The maximum absolute atomic E-state index is 5.62. The predicted molar refractivity (Wildman–Crippen MR) is 51.0 cm³/mol. The van der Waals surface area contributed by atoms with Crippen LogP contribution in [0.15, 0.2) is 17.3 Å². The number of nitrogens with zero attached hydrogens (tertiary/aromatic N) is 2. The van der Waals surface area contributed by atoms with Crippen molar-refractivity contribution in [2.45, 2.75) is 20.4 Å². The van der Waals surface area contributed by atoms with E-state index in [0.717, 1.165) is 17.0 Å². The van der Waals surface area contributed by atoms with Gasteiger partial charge in [0.1, 0.15) is 0 Å². The first-order valence-electron chi connectivity index (χ1n) is 3.69. The highest BCUT2D eigenvalue weighted by molar-refractivity contribution is 6.25. The zero-order valence-electron chi connectivity index (χ0n) is 7.21. The Balaban J connectivity index is 2.83. The Morgan fingerprint density at radius 1 is 1.83 bits per heavy atom. The topological polar surface area (TPSA) is 43.8 Å². The lowest BCUT2D eigenvalue weighted by Crippen LogP contribution is -2.03. The van der Waals surface area contributed by atoms with Crippen LogP contribution >= 0.6 is 11.6 Å². The van der Waals surface area contributed by atoms with Crippen molar-refractivity contribution in [3.63, 3.8) is 0 Å². The second kappa shape index (κ2) is 3.63. The lowest BCUT2D eigenvalue weighted by atomic mass is 10.3. The van der Waals surface area contributed by atoms with Gasteiger partial charge in [-0.2, -0.15) is 5.10 Å². The van der Waals surface area contributed by atoms with Gasteiger partial charge in [-0.15, -0.1) is 0 Å². The maximum atomic E-state index is 5.62. The van der Waals surface area contributed by atoms with Crippen LogP contribution < -0.4 is 5.73 Å². The molecule has 0 aliphatic heterocycles. The molecule has 1 aromatic rings. The van der Waals surface area contributed by atoms with Crippen molar-refractivity contribution in [1.29, 1.82) is 0 Å². The molecule has 0 aliphatic carbocycles. The number of allylic oxidation sites excluding steroid dienone is 1. The summed E-state index contributed by atoms with van der Waals surface area (Å²) in [6.07, 6.45) is 1.65. The van der Waals surface area contributed by atoms with E-state index in [1.807, 2.05) is 18.5 Å². The monoisotopic (exact) mass is 185 g/mol. The number of anilines is 1. The molecule has 4 heteroatoms. The average Bonchev–Trinajstić information content (AvgIpc) is 2.36. The van der Waals surface area contributed by atoms with Gasteiger partial charge in [0.25, 0.3) is 0 Å². The molecule has 0 spiro atoms. The molecule has 0 fully saturated rings. The van der Waals surface area contributed by atoms with Gasteiger partial charge in [-0.25, -0.2) is 0 Å². The van der Waals surface area contributed by atoms with Crippen LogP contribution in [0.5, 0.6) is 0 Å². The highest BCUT2D eigenvalue weighted by atomic mass is 35.5. The third-order valence-electron chi connectivity index (χ3n) is 1.73. The molecule has 3 nitrogen and oxygen atoms in total. The van der Waals surface area contributed by atoms with E-state index in [-0.39, 0.29) is 0 Å². The highest BCUT2D eigenvalue weighted by Gasteiger charge is 2.01. The summed E-state index contributed by atoms with van der Waals surface area (Å²) in [5.41, 5.74) is 9.93. The molecule has 1 heterocycles. The molecular weight excluding hydrogens is 174 g/mol. The third-order valence-corrected chi connectivity index (χ3v) is 2.10. The minimum absolute atomic E-state index is 0.701. The molecule has 0 unspecified atom stereocenters. The van der Waals surface area contributed by atoms with Gasteiger partial charge in [0, 0.05) is 5.54 Å². The van der Waals surface area contributed by atoms with E-state index < -0.39 is 0 Å². The van der Waals surface area contributed by atoms with Crippen molar-refractivity contribution in [2.75, 3.05) is 5.73 Å². The molecule has 0 radical (unpaired) electrons. The molecule has 66 valence electrons. The van der Waals surface area contributed by atoms with Gasteiger partial charge < -0.3 is 5.73 Å². The summed E-state index contributed by atoms with van der Waals surface area (Å²) in [5.74, 6) is 0. The lowest BCUT2D eigenvalue weighted by molar-refractivity contribution is 0.657. The highest BCUT2D eigenvalue weighted by Crippen LogP contribution is 2.10. The Hall–Kier alpha value is -0.960. The fourth-order valence-electron chi connectivity index (χ4n) is 0.891. The first-order chi connectivity index (χ1) is 5.65. The smallest absolute Gasteiger partial charge is 0.0730 e. The van der Waals surface area contributed by atoms with Crippen LogP contribution in [0.25, 0.3) is 0 Å². The van der Waals surface area contributed by atoms with Gasteiger partial charge in [-0.05, 0) is 19.4 Å². The molecule has 0 saturated carbocycles. The van der Waals surface area contributed by atoms with E-state index >= 15 is 0 Å². The molecule has 12 heavy (non-hydrogen) atoms. The first-order valence-corrected chi connectivity index (χ1v) is 4.12. The van der Waals surface area contributed by atoms with Gasteiger partial charge >= 0.3 is 0 Å². The maximum Gasteiger partial charge on any atom is 0.0730 e. The Labute approximate surface area is 76.8 Å². The SMILES string of the molecule is C/C(=C\Cl)Cn1ncc(N)c1C. The second-order valence-electron chi connectivity index (χ2n) is 2.80. The fourth-order valence-corrected chi connectivity index (χ4v) is 0.960. The van der Waals surface area contributed by atoms with Crippen LogP contribution in [0.2, 0.25) is 0 Å². The summed E-state index contributed by atoms with van der Waals surface area (Å²) in [5, 5.41) is 4.10. The molecule has 1 rings (SSSR count). The zero-order valence-corrected chi connectivity index (χ0v) is 7.97. The molecule has 1 aromatic heterocycles. The van der Waals surface area contributed by atoms with Crippen LogP contribution in [0.3, 0.4) is 0 Å². The van der Waals surface area contributed by atoms with Gasteiger partial charge in [0.15, 0.2) is 0 Å². The van der Waals surface area contributed by atoms with Crippen LogP contribution in [-0.2, 0) is 6.54 Å². The molecule has 0 amide bonds. The predicted octanol–water partition coefficient (Wildman–Crippen LogP) is 1.92. The van der Waals surface area contributed by atoms with E-state index in [1.165, 1.54) is 0 Å². The lowest BCUT2D eigenvalue weighted by Gasteiger charge is -2.03. The summed E-state index contributed by atoms with van der Waals surface area (Å²) in [7, 11) is 0. The van der Waals surface area contributed by atoms with E-state index in [1.54, 1.807) is 11.7 Å². The standard InChI is InChI=1S/C8H12ClN3/c1-6(3-9)5-12-7(2)8(10)4-11-12/h3-4H,5,10H2,1-2H3/b6-3+. The molecule has 0 aromatic carbocycles. The molecule has 0 saturated heterocycles. The Bertz CT molecular complexity index is 301. The number of nitrogens with two attached hydrogens (primary N) is 1. The van der Waals surface area contributed by atoms with Crippen molar-refractivity contribution in [3.8, 4) is 0 Å². The first kappa shape index (κ1) is 9.13. The molecule has 0 atom stereocenters. The van der Waals surface area contributed by atoms with Crippen LogP contribution in [0.4, 0.5) is 5.69 Å². The number of aromatic nitrogens is 2. The van der Waals surface area contributed by atoms with E-state index in [2.05, 4.69) is 5.10 Å². The number of halogens is 1. The molecule has 0 aliphatic rings. The largest absolute Gasteiger partial charge is 0.396 e. The van der Waals surface area contributed by atoms with Crippen LogP contribution in [-0.4, -0.2) is 9.78 Å². The van der Waals surface area contributed by atoms with Gasteiger partial charge in [0.2, 0.25) is 0 Å². The number of hydrogen-bond donors (Lipinski definition) is 1. The van der Waals surface area contributed by atoms with Crippen molar-refractivity contribution < 1.29 is 0 Å². The summed E-state index contributed by atoms with van der Waals surface area (Å²) >= 11 is 5.53. The van der Waals surface area contributed by atoms with Crippen LogP contribution in [0, 0.1) is 6.92 Å². The summed E-state index contributed by atoms with van der Waals surface area (Å²) < 4.78 is 1.82. The summed E-state index contributed by atoms with van der Waals surface area (Å²) in [4.78, 5) is 0. The Kier molecular flexibility index (Phi) is 2.76. The number of rotatable bonds is 2. The van der Waals surface area contributed by atoms with Crippen LogP contribution in [0.1, 0.15) is 12.6 Å². The second-order valence-corrected chi connectivity index (χ2v) is 3.02. The summed E-state index contributed by atoms with van der Waals surface area (Å²) in [6.45, 7) is 4.58. The van der Waals surface area contributed by atoms with E-state index in [0.29, 0.717) is 6.54 Å². The van der Waals surface area contributed by atoms with E-state index in [4.69, 9.17) is 17.3 Å². The van der Waals surface area contributed by atoms with E-state index in [9.17, 15) is 0 Å². The number of nitrogen functional groups attached to an aromatic ring is 1. The van der Waals surface area contributed by atoms with Crippen molar-refractivity contribution in [2.24, 2.45) is 0 Å². The Morgan fingerprint density at radius 2 is 2.50 bits per heavy atom. The summed E-state index contributed by atoms with van der Waals surface area (Å²) in [6, 6.07) is 0. The normalized spacial score (nSPS) is 12.1. The zero-order chi connectivity index (χ0) is 9.14. The Morgan fingerprint density at radius 3 is 2.92 bits per heavy atom. The van der Waals surface area contributed by atoms with Crippen molar-refractivity contribution in [1.82, 2.24) is 9.78 Å². The van der Waals surface area contributed by atoms with Crippen molar-refractivity contribution in [3.05, 3.63) is 23.0 Å².